The summed E-state index contributed by atoms with van der Waals surface area (Å²) in [7, 11) is 0. The summed E-state index contributed by atoms with van der Waals surface area (Å²) >= 11 is 0. The van der Waals surface area contributed by atoms with Crippen molar-refractivity contribution in [2.45, 2.75) is 52.4 Å². The third-order valence-electron chi connectivity index (χ3n) is 7.43. The summed E-state index contributed by atoms with van der Waals surface area (Å²) in [6, 6.07) is 26.3. The van der Waals surface area contributed by atoms with E-state index in [1.165, 1.54) is 5.56 Å². The Kier molecular flexibility index (Phi) is 9.58. The molecule has 0 saturated carbocycles. The van der Waals surface area contributed by atoms with Crippen molar-refractivity contribution >= 4 is 23.2 Å². The Morgan fingerprint density at radius 2 is 1.58 bits per heavy atom. The number of carbonyl (C=O) groups excluding carboxylic acids is 2. The summed E-state index contributed by atoms with van der Waals surface area (Å²) in [5, 5.41) is 6.16. The molecule has 200 valence electrons. The van der Waals surface area contributed by atoms with Gasteiger partial charge in [0.25, 0.3) is 5.91 Å². The van der Waals surface area contributed by atoms with Crippen LogP contribution in [-0.4, -0.2) is 31.4 Å². The van der Waals surface area contributed by atoms with Gasteiger partial charge in [-0.15, -0.1) is 0 Å². The molecule has 1 atom stereocenters. The number of nitrogens with zero attached hydrogens (tertiary/aromatic N) is 1. The lowest BCUT2D eigenvalue weighted by Gasteiger charge is -2.35. The van der Waals surface area contributed by atoms with Crippen molar-refractivity contribution in [3.63, 3.8) is 0 Å². The molecular weight excluding hydrogens is 470 g/mol. The largest absolute Gasteiger partial charge is 0.371 e. The molecule has 2 N–H and O–H groups in total. The van der Waals surface area contributed by atoms with Crippen molar-refractivity contribution in [2.75, 3.05) is 29.9 Å². The number of nitrogens with one attached hydrogen (secondary N) is 2. The highest BCUT2D eigenvalue weighted by Crippen LogP contribution is 2.31. The van der Waals surface area contributed by atoms with Crippen LogP contribution in [0.2, 0.25) is 0 Å². The second kappa shape index (κ2) is 13.3. The monoisotopic (exact) mass is 511 g/mol. The average molecular weight is 512 g/mol. The third-order valence-corrected chi connectivity index (χ3v) is 7.43. The minimum atomic E-state index is -0.238. The number of hydrogen-bond acceptors (Lipinski definition) is 3. The minimum Gasteiger partial charge on any atom is -0.371 e. The van der Waals surface area contributed by atoms with Crippen LogP contribution < -0.4 is 15.5 Å². The molecule has 3 aromatic carbocycles. The SMILES string of the molecule is CCC(C(=O)Nc1ccc(N2CCC(Cc3ccccc3)CC2)c(C(=O)NCC(C)C)c1)c1ccccc1. The van der Waals surface area contributed by atoms with Crippen molar-refractivity contribution in [1.29, 1.82) is 0 Å². The fourth-order valence-electron chi connectivity index (χ4n) is 5.28. The molecule has 38 heavy (non-hydrogen) atoms. The van der Waals surface area contributed by atoms with Gasteiger partial charge in [0, 0.05) is 31.0 Å². The van der Waals surface area contributed by atoms with Crippen molar-refractivity contribution in [3.8, 4) is 0 Å². The van der Waals surface area contributed by atoms with Gasteiger partial charge in [0.1, 0.15) is 0 Å². The van der Waals surface area contributed by atoms with E-state index < -0.39 is 0 Å². The maximum absolute atomic E-state index is 13.3. The Labute approximate surface area is 227 Å². The predicted molar refractivity (Wildman–Crippen MR) is 157 cm³/mol. The normalized spacial score (nSPS) is 14.8. The highest BCUT2D eigenvalue weighted by molar-refractivity contribution is 6.03. The summed E-state index contributed by atoms with van der Waals surface area (Å²) in [4.78, 5) is 28.8. The number of piperidine rings is 1. The summed E-state index contributed by atoms with van der Waals surface area (Å²) in [6.45, 7) is 8.64. The fraction of sp³-hybridized carbons (Fsp3) is 0.394. The zero-order chi connectivity index (χ0) is 26.9. The number of carbonyl (C=O) groups is 2. The van der Waals surface area contributed by atoms with Gasteiger partial charge in [-0.05, 0) is 66.8 Å². The number of amides is 2. The molecule has 0 bridgehead atoms. The maximum atomic E-state index is 13.3. The van der Waals surface area contributed by atoms with Crippen LogP contribution in [-0.2, 0) is 11.2 Å². The molecule has 2 amide bonds. The first kappa shape index (κ1) is 27.4. The standard InChI is InChI=1S/C33H41N3O2/c1-4-29(27-13-9-6-10-14-27)33(38)35-28-15-16-31(30(22-28)32(37)34-23-24(2)3)36-19-17-26(18-20-36)21-25-11-7-5-8-12-25/h5-16,22,24,26,29H,4,17-21,23H2,1-3H3,(H,34,37)(H,35,38). The highest BCUT2D eigenvalue weighted by atomic mass is 16.2. The van der Waals surface area contributed by atoms with Gasteiger partial charge in [0.2, 0.25) is 5.91 Å². The average Bonchev–Trinajstić information content (AvgIpc) is 2.94. The van der Waals surface area contributed by atoms with Crippen LogP contribution in [0.3, 0.4) is 0 Å². The van der Waals surface area contributed by atoms with Crippen LogP contribution in [0.25, 0.3) is 0 Å². The molecule has 3 aromatic rings. The second-order valence-electron chi connectivity index (χ2n) is 10.8. The van der Waals surface area contributed by atoms with Gasteiger partial charge in [-0.1, -0.05) is 81.4 Å². The van der Waals surface area contributed by atoms with Crippen LogP contribution in [0.5, 0.6) is 0 Å². The first-order valence-corrected chi connectivity index (χ1v) is 14.0. The van der Waals surface area contributed by atoms with Crippen molar-refractivity contribution < 1.29 is 9.59 Å². The van der Waals surface area contributed by atoms with Crippen molar-refractivity contribution in [3.05, 3.63) is 95.6 Å². The molecule has 5 heteroatoms. The van der Waals surface area contributed by atoms with E-state index in [2.05, 4.69) is 59.7 Å². The number of anilines is 2. The van der Waals surface area contributed by atoms with Gasteiger partial charge in [0.15, 0.2) is 0 Å². The van der Waals surface area contributed by atoms with E-state index in [1.54, 1.807) is 0 Å². The lowest BCUT2D eigenvalue weighted by molar-refractivity contribution is -0.117. The van der Waals surface area contributed by atoms with E-state index in [0.29, 0.717) is 36.1 Å². The van der Waals surface area contributed by atoms with E-state index in [0.717, 1.165) is 43.6 Å². The minimum absolute atomic E-state index is 0.0540. The molecule has 0 aromatic heterocycles. The summed E-state index contributed by atoms with van der Waals surface area (Å²) in [5.74, 6) is 0.621. The summed E-state index contributed by atoms with van der Waals surface area (Å²) in [6.07, 6.45) is 3.99. The zero-order valence-electron chi connectivity index (χ0n) is 23.0. The molecule has 1 aliphatic heterocycles. The molecule has 4 rings (SSSR count). The first-order valence-electron chi connectivity index (χ1n) is 14.0. The molecular formula is C33H41N3O2. The topological polar surface area (TPSA) is 61.4 Å². The van der Waals surface area contributed by atoms with Gasteiger partial charge < -0.3 is 15.5 Å². The molecule has 0 spiro atoms. The van der Waals surface area contributed by atoms with Gasteiger partial charge in [-0.3, -0.25) is 9.59 Å². The van der Waals surface area contributed by atoms with E-state index >= 15 is 0 Å². The first-order chi connectivity index (χ1) is 18.4. The quantitative estimate of drug-likeness (QED) is 0.320. The zero-order valence-corrected chi connectivity index (χ0v) is 23.0. The molecule has 0 radical (unpaired) electrons. The van der Waals surface area contributed by atoms with Gasteiger partial charge in [-0.25, -0.2) is 0 Å². The van der Waals surface area contributed by atoms with E-state index in [1.807, 2.05) is 55.5 Å². The molecule has 1 unspecified atom stereocenters. The van der Waals surface area contributed by atoms with Crippen LogP contribution in [0.15, 0.2) is 78.9 Å². The lowest BCUT2D eigenvalue weighted by atomic mass is 9.89. The van der Waals surface area contributed by atoms with Crippen LogP contribution in [0.1, 0.15) is 67.4 Å². The molecule has 1 aliphatic rings. The Bertz CT molecular complexity index is 1190. The van der Waals surface area contributed by atoms with Gasteiger partial charge in [-0.2, -0.15) is 0 Å². The number of hydrogen-bond donors (Lipinski definition) is 2. The number of benzene rings is 3. The van der Waals surface area contributed by atoms with E-state index in [9.17, 15) is 9.59 Å². The van der Waals surface area contributed by atoms with Crippen molar-refractivity contribution in [2.24, 2.45) is 11.8 Å². The van der Waals surface area contributed by atoms with Gasteiger partial charge in [0.05, 0.1) is 11.5 Å². The maximum Gasteiger partial charge on any atom is 0.253 e. The summed E-state index contributed by atoms with van der Waals surface area (Å²) < 4.78 is 0. The van der Waals surface area contributed by atoms with Crippen molar-refractivity contribution in [1.82, 2.24) is 5.32 Å². The molecule has 1 heterocycles. The second-order valence-corrected chi connectivity index (χ2v) is 10.8. The predicted octanol–water partition coefficient (Wildman–Crippen LogP) is 6.66. The molecule has 5 nitrogen and oxygen atoms in total. The van der Waals surface area contributed by atoms with Crippen LogP contribution in [0.4, 0.5) is 11.4 Å². The molecule has 1 fully saturated rings. The Morgan fingerprint density at radius 1 is 0.921 bits per heavy atom. The highest BCUT2D eigenvalue weighted by Gasteiger charge is 2.25. The fourth-order valence-corrected chi connectivity index (χ4v) is 5.28. The van der Waals surface area contributed by atoms with Crippen LogP contribution in [0, 0.1) is 11.8 Å². The van der Waals surface area contributed by atoms with E-state index in [-0.39, 0.29) is 17.7 Å². The smallest absolute Gasteiger partial charge is 0.253 e. The van der Waals surface area contributed by atoms with E-state index in [4.69, 9.17) is 0 Å². The Hall–Kier alpha value is -3.60. The Morgan fingerprint density at radius 3 is 2.21 bits per heavy atom. The van der Waals surface area contributed by atoms with Crippen LogP contribution >= 0.6 is 0 Å². The molecule has 0 aliphatic carbocycles. The third kappa shape index (κ3) is 7.25. The lowest BCUT2D eigenvalue weighted by Crippen LogP contribution is -2.36. The number of rotatable bonds is 10. The Balaban J connectivity index is 1.50. The van der Waals surface area contributed by atoms with Gasteiger partial charge >= 0.3 is 0 Å². The summed E-state index contributed by atoms with van der Waals surface area (Å²) in [5.41, 5.74) is 4.61. The molecule has 1 saturated heterocycles.